The Balaban J connectivity index is 2.28. The molecular weight excluding hydrogens is 330 g/mol. The standard InChI is InChI=1S/C13H11BrClN3O/c1-7-2-3-8(15)4-10(7)13(19)18-12-11(14)5-9(16)6-17-12/h2-6H,16H2,1H3,(H,17,18,19). The lowest BCUT2D eigenvalue weighted by atomic mass is 10.1. The van der Waals surface area contributed by atoms with Crippen LogP contribution in [-0.2, 0) is 0 Å². The molecule has 4 nitrogen and oxygen atoms in total. The van der Waals surface area contributed by atoms with Gasteiger partial charge in [-0.1, -0.05) is 17.7 Å². The third-order valence-electron chi connectivity index (χ3n) is 2.54. The molecule has 0 bridgehead atoms. The summed E-state index contributed by atoms with van der Waals surface area (Å²) in [5.41, 5.74) is 7.46. The van der Waals surface area contributed by atoms with Gasteiger partial charge in [0.2, 0.25) is 0 Å². The van der Waals surface area contributed by atoms with Gasteiger partial charge in [-0.05, 0) is 46.6 Å². The number of nitrogens with two attached hydrogens (primary N) is 1. The molecule has 2 rings (SSSR count). The number of carbonyl (C=O) groups is 1. The number of nitrogens with zero attached hydrogens (tertiary/aromatic N) is 1. The summed E-state index contributed by atoms with van der Waals surface area (Å²) in [5.74, 6) is 0.150. The first-order valence-corrected chi connectivity index (χ1v) is 6.63. The number of halogens is 2. The Kier molecular flexibility index (Phi) is 4.07. The Morgan fingerprint density at radius 1 is 1.42 bits per heavy atom. The summed E-state index contributed by atoms with van der Waals surface area (Å²) in [5, 5.41) is 3.22. The molecule has 0 radical (unpaired) electrons. The smallest absolute Gasteiger partial charge is 0.257 e. The van der Waals surface area contributed by atoms with E-state index in [1.165, 1.54) is 6.20 Å². The zero-order valence-electron chi connectivity index (χ0n) is 10.1. The highest BCUT2D eigenvalue weighted by Gasteiger charge is 2.12. The van der Waals surface area contributed by atoms with Crippen LogP contribution in [0, 0.1) is 6.92 Å². The van der Waals surface area contributed by atoms with Crippen LogP contribution in [0.25, 0.3) is 0 Å². The zero-order valence-corrected chi connectivity index (χ0v) is 12.4. The summed E-state index contributed by atoms with van der Waals surface area (Å²) in [6.45, 7) is 1.84. The molecule has 2 aromatic rings. The molecule has 0 atom stereocenters. The van der Waals surface area contributed by atoms with Gasteiger partial charge in [0.05, 0.1) is 16.4 Å². The van der Waals surface area contributed by atoms with Crippen molar-refractivity contribution in [2.75, 3.05) is 11.1 Å². The zero-order chi connectivity index (χ0) is 14.0. The van der Waals surface area contributed by atoms with E-state index in [2.05, 4.69) is 26.2 Å². The van der Waals surface area contributed by atoms with Crippen molar-refractivity contribution in [2.45, 2.75) is 6.92 Å². The van der Waals surface area contributed by atoms with Crippen LogP contribution in [0.15, 0.2) is 34.9 Å². The van der Waals surface area contributed by atoms with Crippen LogP contribution in [0.4, 0.5) is 11.5 Å². The van der Waals surface area contributed by atoms with Gasteiger partial charge in [0, 0.05) is 10.6 Å². The molecule has 0 aliphatic rings. The average molecular weight is 341 g/mol. The average Bonchev–Trinajstić information content (AvgIpc) is 2.35. The fourth-order valence-electron chi connectivity index (χ4n) is 1.56. The third kappa shape index (κ3) is 3.24. The minimum absolute atomic E-state index is 0.266. The number of benzene rings is 1. The second-order valence-electron chi connectivity index (χ2n) is 4.01. The minimum atomic E-state index is -0.266. The molecule has 1 heterocycles. The number of aryl methyl sites for hydroxylation is 1. The number of anilines is 2. The summed E-state index contributed by atoms with van der Waals surface area (Å²) in [4.78, 5) is 16.2. The van der Waals surface area contributed by atoms with Crippen LogP contribution in [0.1, 0.15) is 15.9 Å². The highest BCUT2D eigenvalue weighted by molar-refractivity contribution is 9.10. The fraction of sp³-hybridized carbons (Fsp3) is 0.0769. The van der Waals surface area contributed by atoms with E-state index in [0.717, 1.165) is 5.56 Å². The Morgan fingerprint density at radius 3 is 2.84 bits per heavy atom. The summed E-state index contributed by atoms with van der Waals surface area (Å²) in [6, 6.07) is 6.83. The maximum atomic E-state index is 12.2. The highest BCUT2D eigenvalue weighted by Crippen LogP contribution is 2.23. The molecule has 0 saturated carbocycles. The molecule has 6 heteroatoms. The molecule has 1 aromatic heterocycles. The van der Waals surface area contributed by atoms with Crippen LogP contribution in [0.5, 0.6) is 0 Å². The van der Waals surface area contributed by atoms with Crippen LogP contribution >= 0.6 is 27.5 Å². The van der Waals surface area contributed by atoms with Crippen molar-refractivity contribution < 1.29 is 4.79 Å². The van der Waals surface area contributed by atoms with Gasteiger partial charge in [0.15, 0.2) is 0 Å². The van der Waals surface area contributed by atoms with Crippen molar-refractivity contribution in [3.63, 3.8) is 0 Å². The Labute approximate surface area is 124 Å². The van der Waals surface area contributed by atoms with E-state index in [9.17, 15) is 4.79 Å². The molecule has 0 aliphatic carbocycles. The van der Waals surface area contributed by atoms with Gasteiger partial charge >= 0.3 is 0 Å². The highest BCUT2D eigenvalue weighted by atomic mass is 79.9. The second kappa shape index (κ2) is 5.59. The summed E-state index contributed by atoms with van der Waals surface area (Å²) in [6.07, 6.45) is 1.48. The number of rotatable bonds is 2. The maximum absolute atomic E-state index is 12.2. The van der Waals surface area contributed by atoms with Crippen molar-refractivity contribution in [2.24, 2.45) is 0 Å². The number of nitrogen functional groups attached to an aromatic ring is 1. The third-order valence-corrected chi connectivity index (χ3v) is 3.38. The lowest BCUT2D eigenvalue weighted by molar-refractivity contribution is 0.102. The molecule has 98 valence electrons. The topological polar surface area (TPSA) is 68.0 Å². The van der Waals surface area contributed by atoms with Gasteiger partial charge in [-0.3, -0.25) is 4.79 Å². The molecule has 1 aromatic carbocycles. The molecule has 0 saturated heterocycles. The second-order valence-corrected chi connectivity index (χ2v) is 5.30. The fourth-order valence-corrected chi connectivity index (χ4v) is 2.20. The van der Waals surface area contributed by atoms with Crippen LogP contribution < -0.4 is 11.1 Å². The Bertz CT molecular complexity index is 646. The number of hydrogen-bond acceptors (Lipinski definition) is 3. The number of carbonyl (C=O) groups excluding carboxylic acids is 1. The first-order chi connectivity index (χ1) is 8.97. The monoisotopic (exact) mass is 339 g/mol. The van der Waals surface area contributed by atoms with E-state index in [-0.39, 0.29) is 5.91 Å². The summed E-state index contributed by atoms with van der Waals surface area (Å²) >= 11 is 9.19. The Hall–Kier alpha value is -1.59. The van der Waals surface area contributed by atoms with E-state index in [0.29, 0.717) is 26.6 Å². The van der Waals surface area contributed by atoms with E-state index in [1.54, 1.807) is 24.3 Å². The SMILES string of the molecule is Cc1ccc(Cl)cc1C(=O)Nc1ncc(N)cc1Br. The predicted molar refractivity (Wildman–Crippen MR) is 80.5 cm³/mol. The minimum Gasteiger partial charge on any atom is -0.397 e. The van der Waals surface area contributed by atoms with E-state index in [4.69, 9.17) is 17.3 Å². The van der Waals surface area contributed by atoms with Gasteiger partial charge < -0.3 is 11.1 Å². The molecule has 0 aliphatic heterocycles. The maximum Gasteiger partial charge on any atom is 0.257 e. The van der Waals surface area contributed by atoms with Gasteiger partial charge in [0.1, 0.15) is 5.82 Å². The van der Waals surface area contributed by atoms with Crippen molar-refractivity contribution in [1.29, 1.82) is 0 Å². The molecule has 1 amide bonds. The van der Waals surface area contributed by atoms with Gasteiger partial charge in [-0.2, -0.15) is 0 Å². The van der Waals surface area contributed by atoms with Crippen LogP contribution in [0.3, 0.4) is 0 Å². The number of nitrogens with one attached hydrogen (secondary N) is 1. The van der Waals surface area contributed by atoms with Crippen molar-refractivity contribution in [1.82, 2.24) is 4.98 Å². The first kappa shape index (κ1) is 13.8. The summed E-state index contributed by atoms with van der Waals surface area (Å²) < 4.78 is 0.625. The number of pyridine rings is 1. The molecule has 0 unspecified atom stereocenters. The van der Waals surface area contributed by atoms with Crippen LogP contribution in [-0.4, -0.2) is 10.9 Å². The van der Waals surface area contributed by atoms with Crippen molar-refractivity contribution in [3.05, 3.63) is 51.1 Å². The first-order valence-electron chi connectivity index (χ1n) is 5.46. The van der Waals surface area contributed by atoms with Crippen molar-refractivity contribution >= 4 is 44.9 Å². The predicted octanol–water partition coefficient (Wildman–Crippen LogP) is 3.64. The molecule has 0 fully saturated rings. The van der Waals surface area contributed by atoms with Gasteiger partial charge in [-0.15, -0.1) is 0 Å². The molecule has 0 spiro atoms. The van der Waals surface area contributed by atoms with E-state index in [1.807, 2.05) is 6.92 Å². The van der Waals surface area contributed by atoms with Gasteiger partial charge in [-0.25, -0.2) is 4.98 Å². The van der Waals surface area contributed by atoms with Crippen molar-refractivity contribution in [3.8, 4) is 0 Å². The van der Waals surface area contributed by atoms with E-state index >= 15 is 0 Å². The number of hydrogen-bond donors (Lipinski definition) is 2. The molecular formula is C13H11BrClN3O. The van der Waals surface area contributed by atoms with Gasteiger partial charge in [0.25, 0.3) is 5.91 Å². The summed E-state index contributed by atoms with van der Waals surface area (Å²) in [7, 11) is 0. The van der Waals surface area contributed by atoms with E-state index < -0.39 is 0 Å². The molecule has 19 heavy (non-hydrogen) atoms. The number of amides is 1. The quantitative estimate of drug-likeness (QED) is 0.877. The Morgan fingerprint density at radius 2 is 2.16 bits per heavy atom. The lowest BCUT2D eigenvalue weighted by Crippen LogP contribution is -2.14. The normalized spacial score (nSPS) is 10.3. The van der Waals surface area contributed by atoms with Crippen LogP contribution in [0.2, 0.25) is 5.02 Å². The molecule has 3 N–H and O–H groups in total. The largest absolute Gasteiger partial charge is 0.397 e. The lowest BCUT2D eigenvalue weighted by Gasteiger charge is -2.09. The number of aromatic nitrogens is 1.